The number of terminal acetylenes is 1. The summed E-state index contributed by atoms with van der Waals surface area (Å²) in [5.41, 5.74) is 0.773. The molecule has 1 rings (SSSR count). The lowest BCUT2D eigenvalue weighted by molar-refractivity contribution is 0.185. The van der Waals surface area contributed by atoms with Crippen molar-refractivity contribution in [2.75, 3.05) is 19.6 Å². The highest BCUT2D eigenvalue weighted by molar-refractivity contribution is 14.0. The van der Waals surface area contributed by atoms with Crippen LogP contribution < -0.4 is 15.4 Å². The Kier molecular flexibility index (Phi) is 11.3. The van der Waals surface area contributed by atoms with Crippen LogP contribution in [0.15, 0.2) is 29.3 Å². The Hall–Kier alpha value is -1.46. The summed E-state index contributed by atoms with van der Waals surface area (Å²) in [7, 11) is 0. The molecular formula is C17H26IN3O2. The first-order valence-electron chi connectivity index (χ1n) is 7.47. The number of aliphatic hydroxyl groups is 1. The van der Waals surface area contributed by atoms with Gasteiger partial charge in [0, 0.05) is 6.54 Å². The van der Waals surface area contributed by atoms with Crippen molar-refractivity contribution in [1.82, 2.24) is 10.6 Å². The Morgan fingerprint density at radius 1 is 1.39 bits per heavy atom. The molecule has 5 nitrogen and oxygen atoms in total. The van der Waals surface area contributed by atoms with Crippen LogP contribution in [0.1, 0.15) is 32.4 Å². The molecule has 0 saturated carbocycles. The first-order chi connectivity index (χ1) is 10.6. The molecule has 3 N–H and O–H groups in total. The van der Waals surface area contributed by atoms with Gasteiger partial charge in [0.1, 0.15) is 5.75 Å². The van der Waals surface area contributed by atoms with E-state index in [1.807, 2.05) is 45.0 Å². The summed E-state index contributed by atoms with van der Waals surface area (Å²) >= 11 is 0. The standard InChI is InChI=1S/C17H25N3O2.HI/c1-5-10-19-17(18-6-2)20-12-16(21)14-8-7-9-15(11-14)22-13(3)4;/h1,7-9,11,13,16,21H,6,10,12H2,2-4H3,(H2,18,19,20);1H. The molecule has 0 spiro atoms. The van der Waals surface area contributed by atoms with Crippen molar-refractivity contribution in [3.05, 3.63) is 29.8 Å². The fraction of sp³-hybridized carbons (Fsp3) is 0.471. The molecule has 0 radical (unpaired) electrons. The number of ether oxygens (including phenoxy) is 1. The third-order valence-electron chi connectivity index (χ3n) is 2.74. The maximum absolute atomic E-state index is 10.3. The van der Waals surface area contributed by atoms with Gasteiger partial charge in [-0.15, -0.1) is 30.4 Å². The normalized spacial score (nSPS) is 12.1. The third-order valence-corrected chi connectivity index (χ3v) is 2.74. The number of guanidine groups is 1. The number of hydrogen-bond donors (Lipinski definition) is 3. The van der Waals surface area contributed by atoms with E-state index in [0.717, 1.165) is 17.9 Å². The average molecular weight is 431 g/mol. The Morgan fingerprint density at radius 3 is 2.74 bits per heavy atom. The molecule has 1 unspecified atom stereocenters. The monoisotopic (exact) mass is 431 g/mol. The molecular weight excluding hydrogens is 405 g/mol. The Bertz CT molecular complexity index is 527. The summed E-state index contributed by atoms with van der Waals surface area (Å²) in [4.78, 5) is 4.33. The zero-order valence-electron chi connectivity index (χ0n) is 13.9. The van der Waals surface area contributed by atoms with Crippen LogP contribution in [-0.4, -0.2) is 36.8 Å². The number of rotatable bonds is 7. The lowest BCUT2D eigenvalue weighted by Crippen LogP contribution is -2.37. The number of nitrogens with zero attached hydrogens (tertiary/aromatic N) is 1. The van der Waals surface area contributed by atoms with Crippen LogP contribution >= 0.6 is 24.0 Å². The molecule has 0 saturated heterocycles. The van der Waals surface area contributed by atoms with Gasteiger partial charge in [0.25, 0.3) is 0 Å². The van der Waals surface area contributed by atoms with E-state index >= 15 is 0 Å². The second-order valence-corrected chi connectivity index (χ2v) is 5.03. The molecule has 0 amide bonds. The van der Waals surface area contributed by atoms with Gasteiger partial charge < -0.3 is 20.5 Å². The van der Waals surface area contributed by atoms with Crippen molar-refractivity contribution in [2.24, 2.45) is 4.99 Å². The van der Waals surface area contributed by atoms with Crippen molar-refractivity contribution in [1.29, 1.82) is 0 Å². The van der Waals surface area contributed by atoms with Crippen LogP contribution in [0, 0.1) is 12.3 Å². The Balaban J connectivity index is 0.00000484. The molecule has 0 aliphatic heterocycles. The van der Waals surface area contributed by atoms with Gasteiger partial charge in [-0.2, -0.15) is 0 Å². The SMILES string of the molecule is C#CCNC(=NCC(O)c1cccc(OC(C)C)c1)NCC.I. The van der Waals surface area contributed by atoms with E-state index in [2.05, 4.69) is 21.5 Å². The highest BCUT2D eigenvalue weighted by Crippen LogP contribution is 2.20. The minimum Gasteiger partial charge on any atom is -0.491 e. The van der Waals surface area contributed by atoms with E-state index in [-0.39, 0.29) is 36.6 Å². The van der Waals surface area contributed by atoms with E-state index in [9.17, 15) is 5.11 Å². The number of aliphatic imine (C=N–C) groups is 1. The fourth-order valence-electron chi connectivity index (χ4n) is 1.83. The summed E-state index contributed by atoms with van der Waals surface area (Å²) in [5, 5.41) is 16.3. The van der Waals surface area contributed by atoms with Gasteiger partial charge in [-0.3, -0.25) is 4.99 Å². The number of nitrogens with one attached hydrogen (secondary N) is 2. The number of benzene rings is 1. The minimum atomic E-state index is -0.697. The number of aliphatic hydroxyl groups excluding tert-OH is 1. The lowest BCUT2D eigenvalue weighted by atomic mass is 10.1. The zero-order chi connectivity index (χ0) is 16.4. The van der Waals surface area contributed by atoms with Crippen LogP contribution in [0.2, 0.25) is 0 Å². The lowest BCUT2D eigenvalue weighted by Gasteiger charge is -2.14. The minimum absolute atomic E-state index is 0. The molecule has 23 heavy (non-hydrogen) atoms. The summed E-state index contributed by atoms with van der Waals surface area (Å²) in [6.45, 7) is 7.26. The predicted molar refractivity (Wildman–Crippen MR) is 105 cm³/mol. The van der Waals surface area contributed by atoms with Crippen LogP contribution in [0.4, 0.5) is 0 Å². The molecule has 0 aliphatic rings. The quantitative estimate of drug-likeness (QED) is 0.268. The molecule has 1 atom stereocenters. The summed E-state index contributed by atoms with van der Waals surface area (Å²) in [5.74, 6) is 3.83. The molecule has 0 aromatic heterocycles. The van der Waals surface area contributed by atoms with Crippen molar-refractivity contribution in [3.8, 4) is 18.1 Å². The molecule has 0 aliphatic carbocycles. The number of halogens is 1. The Morgan fingerprint density at radius 2 is 2.13 bits per heavy atom. The van der Waals surface area contributed by atoms with Crippen molar-refractivity contribution >= 4 is 29.9 Å². The van der Waals surface area contributed by atoms with Gasteiger partial charge in [-0.25, -0.2) is 0 Å². The van der Waals surface area contributed by atoms with E-state index < -0.39 is 6.10 Å². The van der Waals surface area contributed by atoms with Crippen molar-refractivity contribution in [3.63, 3.8) is 0 Å². The van der Waals surface area contributed by atoms with Crippen LogP contribution in [0.25, 0.3) is 0 Å². The zero-order valence-corrected chi connectivity index (χ0v) is 16.2. The average Bonchev–Trinajstić information content (AvgIpc) is 2.49. The summed E-state index contributed by atoms with van der Waals surface area (Å²) in [6.07, 6.45) is 4.62. The first-order valence-corrected chi connectivity index (χ1v) is 7.47. The maximum atomic E-state index is 10.3. The van der Waals surface area contributed by atoms with Gasteiger partial charge in [0.15, 0.2) is 5.96 Å². The van der Waals surface area contributed by atoms with E-state index in [4.69, 9.17) is 11.2 Å². The predicted octanol–water partition coefficient (Wildman–Crippen LogP) is 2.31. The maximum Gasteiger partial charge on any atom is 0.192 e. The molecule has 0 heterocycles. The van der Waals surface area contributed by atoms with E-state index in [0.29, 0.717) is 12.5 Å². The van der Waals surface area contributed by atoms with Crippen LogP contribution in [0.3, 0.4) is 0 Å². The van der Waals surface area contributed by atoms with Gasteiger partial charge in [-0.1, -0.05) is 18.1 Å². The fourth-order valence-corrected chi connectivity index (χ4v) is 1.83. The molecule has 1 aromatic carbocycles. The third kappa shape index (κ3) is 8.67. The second kappa shape index (κ2) is 12.0. The Labute approximate surface area is 155 Å². The van der Waals surface area contributed by atoms with Crippen LogP contribution in [-0.2, 0) is 0 Å². The highest BCUT2D eigenvalue weighted by Gasteiger charge is 2.09. The molecule has 0 bridgehead atoms. The van der Waals surface area contributed by atoms with Crippen molar-refractivity contribution < 1.29 is 9.84 Å². The molecule has 0 fully saturated rings. The summed E-state index contributed by atoms with van der Waals surface area (Å²) in [6, 6.07) is 7.43. The second-order valence-electron chi connectivity index (χ2n) is 5.03. The number of hydrogen-bond acceptors (Lipinski definition) is 3. The van der Waals surface area contributed by atoms with E-state index in [1.54, 1.807) is 0 Å². The molecule has 6 heteroatoms. The topological polar surface area (TPSA) is 65.9 Å². The van der Waals surface area contributed by atoms with Gasteiger partial charge in [-0.05, 0) is 38.5 Å². The first kappa shape index (κ1) is 21.5. The van der Waals surface area contributed by atoms with Crippen LogP contribution in [0.5, 0.6) is 5.75 Å². The van der Waals surface area contributed by atoms with Gasteiger partial charge >= 0.3 is 0 Å². The van der Waals surface area contributed by atoms with Gasteiger partial charge in [0.2, 0.25) is 0 Å². The van der Waals surface area contributed by atoms with Gasteiger partial charge in [0.05, 0.1) is 25.3 Å². The molecule has 1 aromatic rings. The van der Waals surface area contributed by atoms with E-state index in [1.165, 1.54) is 0 Å². The van der Waals surface area contributed by atoms with Crippen molar-refractivity contribution in [2.45, 2.75) is 33.0 Å². The largest absolute Gasteiger partial charge is 0.491 e. The highest BCUT2D eigenvalue weighted by atomic mass is 127. The molecule has 128 valence electrons. The summed E-state index contributed by atoms with van der Waals surface area (Å²) < 4.78 is 5.63. The smallest absolute Gasteiger partial charge is 0.192 e.